The van der Waals surface area contributed by atoms with Crippen LogP contribution in [-0.4, -0.2) is 48.3 Å². The summed E-state index contributed by atoms with van der Waals surface area (Å²) in [5.41, 5.74) is 0.929. The Kier molecular flexibility index (Phi) is 5.79. The lowest BCUT2D eigenvalue weighted by Gasteiger charge is -2.37. The molecule has 1 fully saturated rings. The third-order valence-corrected chi connectivity index (χ3v) is 4.20. The molecule has 2 amide bonds. The lowest BCUT2D eigenvalue weighted by Crippen LogP contribution is -2.43. The first-order valence-corrected chi connectivity index (χ1v) is 7.88. The van der Waals surface area contributed by atoms with Crippen molar-refractivity contribution in [2.24, 2.45) is 0 Å². The lowest BCUT2D eigenvalue weighted by atomic mass is 9.94. The van der Waals surface area contributed by atoms with Crippen LogP contribution in [-0.2, 0) is 9.53 Å². The van der Waals surface area contributed by atoms with Gasteiger partial charge in [-0.1, -0.05) is 28.1 Å². The highest BCUT2D eigenvalue weighted by molar-refractivity contribution is 9.10. The molecule has 2 rings (SSSR count). The molecule has 7 heteroatoms. The zero-order chi connectivity index (χ0) is 16.1. The van der Waals surface area contributed by atoms with Gasteiger partial charge in [0.25, 0.3) is 5.91 Å². The molecule has 1 aromatic carbocycles. The van der Waals surface area contributed by atoms with E-state index in [1.54, 1.807) is 4.90 Å². The molecule has 1 aliphatic heterocycles. The maximum atomic E-state index is 12.2. The Balaban J connectivity index is 2.11. The second kappa shape index (κ2) is 7.60. The van der Waals surface area contributed by atoms with Gasteiger partial charge in [0.1, 0.15) is 0 Å². The summed E-state index contributed by atoms with van der Waals surface area (Å²) in [6, 6.07) is 7.35. The van der Waals surface area contributed by atoms with Gasteiger partial charge in [-0.05, 0) is 30.5 Å². The van der Waals surface area contributed by atoms with E-state index in [4.69, 9.17) is 4.74 Å². The fourth-order valence-corrected chi connectivity index (χ4v) is 2.71. The van der Waals surface area contributed by atoms with E-state index >= 15 is 0 Å². The predicted molar refractivity (Wildman–Crippen MR) is 84.2 cm³/mol. The minimum Gasteiger partial charge on any atom is -0.439 e. The summed E-state index contributed by atoms with van der Waals surface area (Å²) in [5.74, 6) is -0.356. The number of hydrogen-bond acceptors (Lipinski definition) is 4. The minimum absolute atomic E-state index is 0.256. The molecule has 2 N–H and O–H groups in total. The van der Waals surface area contributed by atoms with Crippen molar-refractivity contribution in [3.63, 3.8) is 0 Å². The van der Waals surface area contributed by atoms with Gasteiger partial charge >= 0.3 is 6.09 Å². The summed E-state index contributed by atoms with van der Waals surface area (Å²) in [7, 11) is 1.48. The molecule has 0 saturated carbocycles. The number of nitrogens with one attached hydrogen (secondary N) is 1. The van der Waals surface area contributed by atoms with Crippen LogP contribution in [0.5, 0.6) is 0 Å². The third kappa shape index (κ3) is 4.20. The summed E-state index contributed by atoms with van der Waals surface area (Å²) in [6.45, 7) is 0.0932. The van der Waals surface area contributed by atoms with E-state index in [1.807, 2.05) is 24.3 Å². The van der Waals surface area contributed by atoms with E-state index in [2.05, 4.69) is 21.2 Å². The fourth-order valence-electron chi connectivity index (χ4n) is 2.45. The number of likely N-dealkylation sites (N-methyl/N-ethyl adjacent to an activating group) is 1. The first kappa shape index (κ1) is 16.8. The first-order chi connectivity index (χ1) is 10.5. The van der Waals surface area contributed by atoms with Crippen molar-refractivity contribution in [3.05, 3.63) is 34.3 Å². The van der Waals surface area contributed by atoms with Gasteiger partial charge in [-0.3, -0.25) is 4.79 Å². The van der Waals surface area contributed by atoms with Gasteiger partial charge < -0.3 is 20.1 Å². The minimum atomic E-state index is -0.539. The number of halogens is 1. The summed E-state index contributed by atoms with van der Waals surface area (Å²) in [5, 5.41) is 12.3. The van der Waals surface area contributed by atoms with Crippen molar-refractivity contribution in [1.29, 1.82) is 0 Å². The number of ether oxygens (including phenoxy) is 1. The Morgan fingerprint density at radius 3 is 2.73 bits per heavy atom. The standard InChI is InChI=1S/C15H19BrN2O4/c1-17-14(20)9-22-15(21)18-7-6-12(19)8-13(18)10-2-4-11(16)5-3-10/h2-5,12-13,19H,6-9H2,1H3,(H,17,20). The van der Waals surface area contributed by atoms with Gasteiger partial charge in [0.15, 0.2) is 6.61 Å². The molecule has 0 spiro atoms. The van der Waals surface area contributed by atoms with Crippen LogP contribution in [0.4, 0.5) is 4.79 Å². The van der Waals surface area contributed by atoms with Crippen LogP contribution in [0.3, 0.4) is 0 Å². The maximum Gasteiger partial charge on any atom is 0.410 e. The van der Waals surface area contributed by atoms with Crippen LogP contribution in [0.2, 0.25) is 0 Å². The predicted octanol–water partition coefficient (Wildman–Crippen LogP) is 1.83. The number of carbonyl (C=O) groups is 2. The van der Waals surface area contributed by atoms with E-state index in [9.17, 15) is 14.7 Å². The number of nitrogens with zero attached hydrogens (tertiary/aromatic N) is 1. The Hall–Kier alpha value is -1.60. The van der Waals surface area contributed by atoms with Crippen LogP contribution >= 0.6 is 15.9 Å². The summed E-state index contributed by atoms with van der Waals surface area (Å²) >= 11 is 3.38. The molecule has 1 aromatic rings. The first-order valence-electron chi connectivity index (χ1n) is 7.08. The highest BCUT2D eigenvalue weighted by Crippen LogP contribution is 2.32. The molecule has 6 nitrogen and oxygen atoms in total. The second-order valence-corrected chi connectivity index (χ2v) is 6.08. The highest BCUT2D eigenvalue weighted by atomic mass is 79.9. The number of rotatable bonds is 3. The number of carbonyl (C=O) groups excluding carboxylic acids is 2. The van der Waals surface area contributed by atoms with Crippen LogP contribution in [0.25, 0.3) is 0 Å². The Bertz CT molecular complexity index is 535. The summed E-state index contributed by atoms with van der Waals surface area (Å²) in [6.07, 6.45) is -0.0289. The zero-order valence-electron chi connectivity index (χ0n) is 12.3. The summed E-state index contributed by atoms with van der Waals surface area (Å²) < 4.78 is 5.97. The van der Waals surface area contributed by atoms with Crippen LogP contribution < -0.4 is 5.32 Å². The van der Waals surface area contributed by atoms with E-state index < -0.39 is 12.2 Å². The largest absolute Gasteiger partial charge is 0.439 e. The van der Waals surface area contributed by atoms with Gasteiger partial charge in [0.2, 0.25) is 0 Å². The van der Waals surface area contributed by atoms with E-state index in [1.165, 1.54) is 7.05 Å². The number of aliphatic hydroxyl groups excluding tert-OH is 1. The van der Waals surface area contributed by atoms with Crippen molar-refractivity contribution in [3.8, 4) is 0 Å². The fraction of sp³-hybridized carbons (Fsp3) is 0.467. The van der Waals surface area contributed by atoms with Crippen molar-refractivity contribution < 1.29 is 19.4 Å². The van der Waals surface area contributed by atoms with Crippen molar-refractivity contribution in [1.82, 2.24) is 10.2 Å². The smallest absolute Gasteiger partial charge is 0.410 e. The van der Waals surface area contributed by atoms with Gasteiger partial charge in [-0.25, -0.2) is 4.79 Å². The lowest BCUT2D eigenvalue weighted by molar-refractivity contribution is -0.124. The van der Waals surface area contributed by atoms with Gasteiger partial charge in [0, 0.05) is 18.1 Å². The zero-order valence-corrected chi connectivity index (χ0v) is 13.9. The topological polar surface area (TPSA) is 78.9 Å². The number of amides is 2. The van der Waals surface area contributed by atoms with E-state index in [-0.39, 0.29) is 18.6 Å². The molecule has 22 heavy (non-hydrogen) atoms. The van der Waals surface area contributed by atoms with E-state index in [0.717, 1.165) is 10.0 Å². The maximum absolute atomic E-state index is 12.2. The molecule has 2 atom stereocenters. The second-order valence-electron chi connectivity index (χ2n) is 5.17. The number of aliphatic hydroxyl groups is 1. The number of piperidine rings is 1. The average molecular weight is 371 g/mol. The third-order valence-electron chi connectivity index (χ3n) is 3.67. The molecule has 120 valence electrons. The Labute approximate surface area is 137 Å². The number of likely N-dealkylation sites (tertiary alicyclic amines) is 1. The SMILES string of the molecule is CNC(=O)COC(=O)N1CCC(O)CC1c1ccc(Br)cc1. The van der Waals surface area contributed by atoms with Gasteiger partial charge in [0.05, 0.1) is 12.1 Å². The molecule has 1 heterocycles. The number of benzene rings is 1. The van der Waals surface area contributed by atoms with Crippen molar-refractivity contribution in [2.45, 2.75) is 25.0 Å². The molecular formula is C15H19BrN2O4. The molecule has 1 aliphatic rings. The molecule has 0 aromatic heterocycles. The van der Waals surface area contributed by atoms with Gasteiger partial charge in [-0.2, -0.15) is 0 Å². The quantitative estimate of drug-likeness (QED) is 0.850. The Morgan fingerprint density at radius 1 is 1.41 bits per heavy atom. The molecule has 0 aliphatic carbocycles. The van der Waals surface area contributed by atoms with Crippen molar-refractivity contribution >= 4 is 27.9 Å². The van der Waals surface area contributed by atoms with Crippen LogP contribution in [0, 0.1) is 0 Å². The normalized spacial score (nSPS) is 21.3. The molecule has 0 radical (unpaired) electrons. The molecule has 2 unspecified atom stereocenters. The average Bonchev–Trinajstić information content (AvgIpc) is 2.52. The number of hydrogen-bond donors (Lipinski definition) is 2. The molecular weight excluding hydrogens is 352 g/mol. The molecule has 0 bridgehead atoms. The van der Waals surface area contributed by atoms with Crippen LogP contribution in [0.1, 0.15) is 24.4 Å². The highest BCUT2D eigenvalue weighted by Gasteiger charge is 2.33. The molecule has 1 saturated heterocycles. The summed E-state index contributed by atoms with van der Waals surface area (Å²) in [4.78, 5) is 25.0. The monoisotopic (exact) mass is 370 g/mol. The van der Waals surface area contributed by atoms with E-state index in [0.29, 0.717) is 19.4 Å². The van der Waals surface area contributed by atoms with Gasteiger partial charge in [-0.15, -0.1) is 0 Å². The van der Waals surface area contributed by atoms with Crippen LogP contribution in [0.15, 0.2) is 28.7 Å². The Morgan fingerprint density at radius 2 is 2.09 bits per heavy atom. The van der Waals surface area contributed by atoms with Crippen molar-refractivity contribution in [2.75, 3.05) is 20.2 Å².